The van der Waals surface area contributed by atoms with Crippen molar-refractivity contribution in [2.45, 2.75) is 58.8 Å². The van der Waals surface area contributed by atoms with Crippen molar-refractivity contribution in [3.8, 4) is 0 Å². The summed E-state index contributed by atoms with van der Waals surface area (Å²) >= 11 is 0. The number of unbranched alkanes of at least 4 members (excludes halogenated alkanes) is 5. The van der Waals surface area contributed by atoms with Crippen LogP contribution in [0.1, 0.15) is 58.8 Å². The molecule has 0 radical (unpaired) electrons. The lowest BCUT2D eigenvalue weighted by Crippen LogP contribution is -2.15. The van der Waals surface area contributed by atoms with E-state index >= 15 is 0 Å². The molecule has 49 heavy (non-hydrogen) atoms. The van der Waals surface area contributed by atoms with Crippen LogP contribution in [-0.4, -0.2) is 171 Å². The van der Waals surface area contributed by atoms with Gasteiger partial charge in [-0.25, -0.2) is 0 Å². The maximum absolute atomic E-state index is 11.2. The summed E-state index contributed by atoms with van der Waals surface area (Å²) in [7, 11) is 0. The fraction of sp³-hybridized carbons (Fsp3) is 0.971. The molecule has 14 nitrogen and oxygen atoms in total. The summed E-state index contributed by atoms with van der Waals surface area (Å²) < 4.78 is 70.5. The topological polar surface area (TPSA) is 137 Å². The van der Waals surface area contributed by atoms with Crippen molar-refractivity contribution in [3.05, 3.63) is 0 Å². The minimum Gasteiger partial charge on any atom is -0.466 e. The van der Waals surface area contributed by atoms with E-state index in [-0.39, 0.29) is 12.4 Å². The van der Waals surface area contributed by atoms with E-state index < -0.39 is 0 Å². The summed E-state index contributed by atoms with van der Waals surface area (Å²) in [5.74, 6) is -0.250. The quantitative estimate of drug-likeness (QED) is 0.0673. The van der Waals surface area contributed by atoms with Crippen molar-refractivity contribution in [1.82, 2.24) is 0 Å². The molecule has 0 fully saturated rings. The van der Waals surface area contributed by atoms with Gasteiger partial charge in [-0.05, 0) is 13.3 Å². The summed E-state index contributed by atoms with van der Waals surface area (Å²) in [5, 5.41) is 0. The van der Waals surface area contributed by atoms with Crippen LogP contribution in [0.2, 0.25) is 0 Å². The first-order valence-corrected chi connectivity index (χ1v) is 18.4. The molecule has 14 heteroatoms. The van der Waals surface area contributed by atoms with E-state index in [1.807, 2.05) is 0 Å². The number of carbonyl (C=O) groups excluding carboxylic acids is 1. The van der Waals surface area contributed by atoms with Gasteiger partial charge in [0.15, 0.2) is 0 Å². The Kier molecular flexibility index (Phi) is 44.1. The molecule has 0 aromatic carbocycles. The van der Waals surface area contributed by atoms with Crippen LogP contribution in [0.15, 0.2) is 0 Å². The SMILES string of the molecule is CCCCCCCCOCCOCCOCCOCCOCCOCCOCCOCCOCCOCCOCCOCCC(=O)OCC. The Balaban J connectivity index is 3.06. The molecule has 0 aromatic rings. The second kappa shape index (κ2) is 45.0. The third-order valence-corrected chi connectivity index (χ3v) is 6.49. The van der Waals surface area contributed by atoms with Crippen LogP contribution in [0.3, 0.4) is 0 Å². The van der Waals surface area contributed by atoms with Crippen LogP contribution in [-0.2, 0) is 66.4 Å². The minimum atomic E-state index is -0.250. The molecule has 0 aliphatic carbocycles. The average Bonchev–Trinajstić information content (AvgIpc) is 3.10. The first kappa shape index (κ1) is 48.0. The zero-order chi connectivity index (χ0) is 35.4. The van der Waals surface area contributed by atoms with Crippen molar-refractivity contribution < 1.29 is 66.4 Å². The summed E-state index contributed by atoms with van der Waals surface area (Å²) in [6.45, 7) is 16.9. The van der Waals surface area contributed by atoms with E-state index in [4.69, 9.17) is 61.6 Å². The second-order valence-corrected chi connectivity index (χ2v) is 10.7. The predicted octanol–water partition coefficient (Wildman–Crippen LogP) is 3.50. The number of carbonyl (C=O) groups is 1. The largest absolute Gasteiger partial charge is 0.466 e. The third kappa shape index (κ3) is 45.0. The molecule has 0 aliphatic rings. The molecule has 0 bridgehead atoms. The van der Waals surface area contributed by atoms with Gasteiger partial charge in [0.2, 0.25) is 0 Å². The molecule has 0 amide bonds. The monoisotopic (exact) mass is 714 g/mol. The number of rotatable bonds is 44. The van der Waals surface area contributed by atoms with Crippen molar-refractivity contribution in [3.63, 3.8) is 0 Å². The van der Waals surface area contributed by atoms with Crippen LogP contribution < -0.4 is 0 Å². The normalized spacial score (nSPS) is 11.5. The van der Waals surface area contributed by atoms with E-state index in [1.54, 1.807) is 6.92 Å². The van der Waals surface area contributed by atoms with Crippen LogP contribution in [0.4, 0.5) is 0 Å². The van der Waals surface area contributed by atoms with E-state index in [2.05, 4.69) is 6.92 Å². The molecular weight excluding hydrogens is 644 g/mol. The first-order valence-electron chi connectivity index (χ1n) is 18.4. The Hall–Kier alpha value is -1.01. The predicted molar refractivity (Wildman–Crippen MR) is 184 cm³/mol. The smallest absolute Gasteiger partial charge is 0.308 e. The maximum atomic E-state index is 11.2. The van der Waals surface area contributed by atoms with Gasteiger partial charge >= 0.3 is 5.97 Å². The molecule has 0 N–H and O–H groups in total. The number of ether oxygens (including phenoxy) is 13. The molecule has 0 aliphatic heterocycles. The van der Waals surface area contributed by atoms with Crippen molar-refractivity contribution in [2.75, 3.05) is 165 Å². The van der Waals surface area contributed by atoms with Crippen LogP contribution in [0, 0.1) is 0 Å². The van der Waals surface area contributed by atoms with Crippen molar-refractivity contribution in [2.24, 2.45) is 0 Å². The fourth-order valence-corrected chi connectivity index (χ4v) is 3.89. The highest BCUT2D eigenvalue weighted by Crippen LogP contribution is 2.04. The van der Waals surface area contributed by atoms with E-state index in [9.17, 15) is 4.79 Å². The standard InChI is InChI=1S/C35H70O14/c1-3-5-6-7-8-9-11-37-13-15-39-17-19-41-21-23-43-25-27-45-29-31-47-33-34-48-32-30-46-28-26-44-24-22-42-20-18-40-16-14-38-12-10-35(36)49-4-2/h3-34H2,1-2H3. The lowest BCUT2D eigenvalue weighted by Gasteiger charge is -2.09. The molecule has 0 saturated carbocycles. The molecule has 0 rings (SSSR count). The second-order valence-electron chi connectivity index (χ2n) is 10.7. The van der Waals surface area contributed by atoms with Gasteiger partial charge in [0.1, 0.15) is 0 Å². The van der Waals surface area contributed by atoms with Crippen LogP contribution >= 0.6 is 0 Å². The van der Waals surface area contributed by atoms with Crippen LogP contribution in [0.5, 0.6) is 0 Å². The Morgan fingerprint density at radius 3 is 0.837 bits per heavy atom. The lowest BCUT2D eigenvalue weighted by molar-refractivity contribution is -0.144. The molecule has 0 saturated heterocycles. The lowest BCUT2D eigenvalue weighted by atomic mass is 10.1. The van der Waals surface area contributed by atoms with Crippen LogP contribution in [0.25, 0.3) is 0 Å². The number of esters is 1. The Labute approximate surface area is 296 Å². The molecular formula is C35H70O14. The maximum Gasteiger partial charge on any atom is 0.308 e. The van der Waals surface area contributed by atoms with Gasteiger partial charge in [-0.1, -0.05) is 39.0 Å². The summed E-state index contributed by atoms with van der Waals surface area (Å²) in [5.41, 5.74) is 0. The van der Waals surface area contributed by atoms with Crippen molar-refractivity contribution >= 4 is 5.97 Å². The van der Waals surface area contributed by atoms with Gasteiger partial charge in [0.25, 0.3) is 0 Å². The molecule has 0 atom stereocenters. The Morgan fingerprint density at radius 2 is 0.551 bits per heavy atom. The first-order chi connectivity index (χ1) is 24.3. The van der Waals surface area contributed by atoms with Gasteiger partial charge in [-0.15, -0.1) is 0 Å². The number of hydrogen-bond donors (Lipinski definition) is 0. The molecule has 0 unspecified atom stereocenters. The fourth-order valence-electron chi connectivity index (χ4n) is 3.89. The summed E-state index contributed by atoms with van der Waals surface area (Å²) in [4.78, 5) is 11.2. The highest BCUT2D eigenvalue weighted by Gasteiger charge is 2.01. The summed E-state index contributed by atoms with van der Waals surface area (Å²) in [6, 6.07) is 0. The highest BCUT2D eigenvalue weighted by atomic mass is 16.6. The van der Waals surface area contributed by atoms with Gasteiger partial charge in [0.05, 0.1) is 165 Å². The van der Waals surface area contributed by atoms with Gasteiger partial charge in [-0.2, -0.15) is 0 Å². The number of hydrogen-bond acceptors (Lipinski definition) is 14. The molecule has 0 aromatic heterocycles. The van der Waals surface area contributed by atoms with E-state index in [0.717, 1.165) is 13.0 Å². The zero-order valence-electron chi connectivity index (χ0n) is 30.8. The van der Waals surface area contributed by atoms with E-state index in [0.29, 0.717) is 159 Å². The Bertz CT molecular complexity index is 617. The minimum absolute atomic E-state index is 0.250. The Morgan fingerprint density at radius 1 is 0.306 bits per heavy atom. The zero-order valence-corrected chi connectivity index (χ0v) is 30.8. The van der Waals surface area contributed by atoms with Gasteiger partial charge in [0, 0.05) is 6.61 Å². The molecule has 294 valence electrons. The average molecular weight is 715 g/mol. The van der Waals surface area contributed by atoms with E-state index in [1.165, 1.54) is 32.1 Å². The van der Waals surface area contributed by atoms with Crippen molar-refractivity contribution in [1.29, 1.82) is 0 Å². The molecule has 0 spiro atoms. The third-order valence-electron chi connectivity index (χ3n) is 6.49. The van der Waals surface area contributed by atoms with Gasteiger partial charge in [-0.3, -0.25) is 4.79 Å². The van der Waals surface area contributed by atoms with Gasteiger partial charge < -0.3 is 61.6 Å². The summed E-state index contributed by atoms with van der Waals surface area (Å²) in [6.07, 6.45) is 7.92. The highest BCUT2D eigenvalue weighted by molar-refractivity contribution is 5.69. The molecule has 0 heterocycles.